The minimum atomic E-state index is -0.308. The maximum Gasteiger partial charge on any atom is 0.123 e. The van der Waals surface area contributed by atoms with Gasteiger partial charge in [0, 0.05) is 12.3 Å². The summed E-state index contributed by atoms with van der Waals surface area (Å²) in [6, 6.07) is 6.53. The summed E-state index contributed by atoms with van der Waals surface area (Å²) in [5, 5.41) is 10.2. The molecule has 2 fully saturated rings. The van der Waals surface area contributed by atoms with Crippen molar-refractivity contribution < 1.29 is 14.2 Å². The van der Waals surface area contributed by atoms with Crippen LogP contribution in [0.3, 0.4) is 0 Å². The van der Waals surface area contributed by atoms with Crippen LogP contribution in [0.5, 0.6) is 0 Å². The molecule has 0 bridgehead atoms. The van der Waals surface area contributed by atoms with Gasteiger partial charge in [0.05, 0.1) is 18.3 Å². The number of halogens is 1. The van der Waals surface area contributed by atoms with Crippen LogP contribution >= 0.6 is 0 Å². The third-order valence-corrected chi connectivity index (χ3v) is 4.26. The van der Waals surface area contributed by atoms with E-state index in [1.54, 1.807) is 6.07 Å². The molecule has 0 aromatic heterocycles. The van der Waals surface area contributed by atoms with Gasteiger partial charge >= 0.3 is 0 Å². The third kappa shape index (κ3) is 2.29. The van der Waals surface area contributed by atoms with Gasteiger partial charge in [-0.3, -0.25) is 0 Å². The van der Waals surface area contributed by atoms with Crippen molar-refractivity contribution in [3.8, 4) is 0 Å². The molecule has 1 saturated carbocycles. The molecular formula is C15H19FO2. The second-order valence-electron chi connectivity index (χ2n) is 5.47. The molecule has 0 unspecified atom stereocenters. The summed E-state index contributed by atoms with van der Waals surface area (Å²) in [5.41, 5.74) is 0.845. The minimum absolute atomic E-state index is 0.149. The van der Waals surface area contributed by atoms with Crippen molar-refractivity contribution in [2.24, 2.45) is 5.92 Å². The number of hydrogen-bond donors (Lipinski definition) is 1. The smallest absolute Gasteiger partial charge is 0.123 e. The highest BCUT2D eigenvalue weighted by Gasteiger charge is 2.39. The normalized spacial score (nSPS) is 36.1. The lowest BCUT2D eigenvalue weighted by molar-refractivity contribution is -0.151. The van der Waals surface area contributed by atoms with E-state index in [-0.39, 0.29) is 30.0 Å². The monoisotopic (exact) mass is 250 g/mol. The first-order chi connectivity index (χ1) is 8.74. The van der Waals surface area contributed by atoms with Crippen LogP contribution in [-0.4, -0.2) is 17.3 Å². The lowest BCUT2D eigenvalue weighted by Crippen LogP contribution is -2.42. The van der Waals surface area contributed by atoms with Crippen LogP contribution < -0.4 is 0 Å². The molecule has 2 aliphatic rings. The summed E-state index contributed by atoms with van der Waals surface area (Å²) in [5.74, 6) is 0.0416. The van der Waals surface area contributed by atoms with Gasteiger partial charge < -0.3 is 9.84 Å². The zero-order valence-corrected chi connectivity index (χ0v) is 10.4. The Morgan fingerprint density at radius 1 is 1.22 bits per heavy atom. The van der Waals surface area contributed by atoms with Crippen molar-refractivity contribution in [3.63, 3.8) is 0 Å². The first-order valence-corrected chi connectivity index (χ1v) is 6.83. The number of benzene rings is 1. The fourth-order valence-corrected chi connectivity index (χ4v) is 3.32. The molecule has 3 rings (SSSR count). The maximum atomic E-state index is 13.2. The number of aliphatic hydroxyl groups is 1. The van der Waals surface area contributed by atoms with Gasteiger partial charge in [-0.1, -0.05) is 25.0 Å². The summed E-state index contributed by atoms with van der Waals surface area (Å²) in [6.07, 6.45) is 4.71. The molecule has 1 aliphatic carbocycles. The van der Waals surface area contributed by atoms with Crippen LogP contribution in [0.4, 0.5) is 4.39 Å². The predicted molar refractivity (Wildman–Crippen MR) is 66.6 cm³/mol. The van der Waals surface area contributed by atoms with Crippen LogP contribution in [0.2, 0.25) is 0 Å². The van der Waals surface area contributed by atoms with E-state index in [0.29, 0.717) is 6.42 Å². The van der Waals surface area contributed by atoms with Crippen molar-refractivity contribution in [1.29, 1.82) is 0 Å². The standard InChI is InChI=1S/C15H19FO2/c16-11-5-3-4-10(8-11)15-9-13(17)12-6-1-2-7-14(12)18-15/h3-5,8,12-15,17H,1-2,6-7,9H2/t12-,13+,14+,15+/m0/s1. The average molecular weight is 250 g/mol. The zero-order valence-electron chi connectivity index (χ0n) is 10.4. The lowest BCUT2D eigenvalue weighted by atomic mass is 9.78. The van der Waals surface area contributed by atoms with Gasteiger partial charge in [-0.25, -0.2) is 4.39 Å². The predicted octanol–water partition coefficient (Wildman–Crippen LogP) is 3.21. The van der Waals surface area contributed by atoms with Crippen molar-refractivity contribution in [2.75, 3.05) is 0 Å². The number of ether oxygens (including phenoxy) is 1. The Morgan fingerprint density at radius 3 is 2.89 bits per heavy atom. The van der Waals surface area contributed by atoms with Crippen LogP contribution in [-0.2, 0) is 4.74 Å². The highest BCUT2D eigenvalue weighted by atomic mass is 19.1. The molecule has 0 spiro atoms. The fraction of sp³-hybridized carbons (Fsp3) is 0.600. The number of rotatable bonds is 1. The quantitative estimate of drug-likeness (QED) is 0.829. The molecule has 1 aromatic rings. The Kier molecular flexibility index (Phi) is 3.35. The summed E-state index contributed by atoms with van der Waals surface area (Å²) in [4.78, 5) is 0. The SMILES string of the molecule is O[C@@H]1C[C@H](c2cccc(F)c2)O[C@@H]2CCCC[C@@H]12. The highest BCUT2D eigenvalue weighted by molar-refractivity contribution is 5.20. The summed E-state index contributed by atoms with van der Waals surface area (Å²) < 4.78 is 19.3. The van der Waals surface area contributed by atoms with Crippen molar-refractivity contribution >= 4 is 0 Å². The third-order valence-electron chi connectivity index (χ3n) is 4.26. The summed E-state index contributed by atoms with van der Waals surface area (Å²) in [7, 11) is 0. The van der Waals surface area contributed by atoms with Gasteiger partial charge in [0.25, 0.3) is 0 Å². The van der Waals surface area contributed by atoms with E-state index in [2.05, 4.69) is 0 Å². The molecule has 1 aliphatic heterocycles. The minimum Gasteiger partial charge on any atom is -0.393 e. The summed E-state index contributed by atoms with van der Waals surface area (Å²) >= 11 is 0. The van der Waals surface area contributed by atoms with Crippen molar-refractivity contribution in [1.82, 2.24) is 0 Å². The van der Waals surface area contributed by atoms with Crippen LogP contribution in [0, 0.1) is 11.7 Å². The molecule has 1 saturated heterocycles. The molecule has 2 nitrogen and oxygen atoms in total. The van der Waals surface area contributed by atoms with Gasteiger partial charge in [0.1, 0.15) is 5.82 Å². The number of hydrogen-bond acceptors (Lipinski definition) is 2. The van der Waals surface area contributed by atoms with E-state index in [1.807, 2.05) is 6.07 Å². The van der Waals surface area contributed by atoms with Crippen LogP contribution in [0.25, 0.3) is 0 Å². The van der Waals surface area contributed by atoms with Gasteiger partial charge in [-0.15, -0.1) is 0 Å². The van der Waals surface area contributed by atoms with Crippen molar-refractivity contribution in [2.45, 2.75) is 50.4 Å². The fourth-order valence-electron chi connectivity index (χ4n) is 3.32. The van der Waals surface area contributed by atoms with Gasteiger partial charge in [0.15, 0.2) is 0 Å². The Bertz CT molecular complexity index is 421. The summed E-state index contributed by atoms with van der Waals surface area (Å²) in [6.45, 7) is 0. The van der Waals surface area contributed by atoms with Crippen LogP contribution in [0.15, 0.2) is 24.3 Å². The van der Waals surface area contributed by atoms with E-state index in [9.17, 15) is 9.50 Å². The highest BCUT2D eigenvalue weighted by Crippen LogP contribution is 2.41. The molecule has 1 heterocycles. The molecule has 98 valence electrons. The first-order valence-electron chi connectivity index (χ1n) is 6.83. The topological polar surface area (TPSA) is 29.5 Å². The Balaban J connectivity index is 1.78. The first kappa shape index (κ1) is 12.1. The average Bonchev–Trinajstić information content (AvgIpc) is 2.39. The van der Waals surface area contributed by atoms with Gasteiger partial charge in [0.2, 0.25) is 0 Å². The van der Waals surface area contributed by atoms with Gasteiger partial charge in [-0.2, -0.15) is 0 Å². The maximum absolute atomic E-state index is 13.2. The van der Waals surface area contributed by atoms with E-state index in [4.69, 9.17) is 4.74 Å². The van der Waals surface area contributed by atoms with E-state index in [1.165, 1.54) is 25.0 Å². The van der Waals surface area contributed by atoms with E-state index in [0.717, 1.165) is 18.4 Å². The second-order valence-corrected chi connectivity index (χ2v) is 5.47. The van der Waals surface area contributed by atoms with Crippen LogP contribution in [0.1, 0.15) is 43.8 Å². The molecule has 1 aromatic carbocycles. The molecule has 18 heavy (non-hydrogen) atoms. The molecule has 3 heteroatoms. The molecular weight excluding hydrogens is 231 g/mol. The lowest BCUT2D eigenvalue weighted by Gasteiger charge is -2.42. The molecule has 1 N–H and O–H groups in total. The number of aliphatic hydroxyl groups excluding tert-OH is 1. The Morgan fingerprint density at radius 2 is 2.06 bits per heavy atom. The van der Waals surface area contributed by atoms with E-state index < -0.39 is 0 Å². The largest absolute Gasteiger partial charge is 0.393 e. The van der Waals surface area contributed by atoms with Crippen molar-refractivity contribution in [3.05, 3.63) is 35.6 Å². The van der Waals surface area contributed by atoms with Gasteiger partial charge in [-0.05, 0) is 30.5 Å². The Hall–Kier alpha value is -0.930. The molecule has 4 atom stereocenters. The zero-order chi connectivity index (χ0) is 12.5. The Labute approximate surface area is 107 Å². The number of fused-ring (bicyclic) bond motifs is 1. The molecule has 0 amide bonds. The molecule has 0 radical (unpaired) electrons. The van der Waals surface area contributed by atoms with E-state index >= 15 is 0 Å². The second kappa shape index (κ2) is 4.98.